The maximum atomic E-state index is 11.0. The first-order valence-corrected chi connectivity index (χ1v) is 5.77. The van der Waals surface area contributed by atoms with Crippen molar-refractivity contribution >= 4 is 11.7 Å². The molecule has 1 heterocycles. The number of oxime groups is 1. The van der Waals surface area contributed by atoms with E-state index < -0.39 is 11.6 Å². The first-order chi connectivity index (χ1) is 8.55. The maximum absolute atomic E-state index is 11.0. The van der Waals surface area contributed by atoms with E-state index in [-0.39, 0.29) is 6.42 Å². The van der Waals surface area contributed by atoms with E-state index in [1.165, 1.54) is 6.92 Å². The third kappa shape index (κ3) is 2.30. The van der Waals surface area contributed by atoms with Crippen LogP contribution in [0.3, 0.4) is 0 Å². The summed E-state index contributed by atoms with van der Waals surface area (Å²) in [5, 5.41) is 12.9. The molecule has 18 heavy (non-hydrogen) atoms. The molecule has 5 heteroatoms. The van der Waals surface area contributed by atoms with Crippen molar-refractivity contribution in [3.05, 3.63) is 29.8 Å². The van der Waals surface area contributed by atoms with E-state index in [4.69, 9.17) is 14.7 Å². The second-order valence-electron chi connectivity index (χ2n) is 4.30. The molecule has 0 unspecified atom stereocenters. The molecule has 1 aliphatic rings. The molecule has 1 aromatic carbocycles. The largest absolute Gasteiger partial charge is 0.494 e. The Kier molecular flexibility index (Phi) is 3.23. The second-order valence-corrected chi connectivity index (χ2v) is 4.30. The molecule has 1 aliphatic heterocycles. The van der Waals surface area contributed by atoms with Crippen LogP contribution >= 0.6 is 0 Å². The first kappa shape index (κ1) is 12.4. The van der Waals surface area contributed by atoms with E-state index in [1.54, 1.807) is 0 Å². The molecular formula is C13H15NO4. The summed E-state index contributed by atoms with van der Waals surface area (Å²) >= 11 is 0. The van der Waals surface area contributed by atoms with Crippen LogP contribution in [0.15, 0.2) is 29.4 Å². The van der Waals surface area contributed by atoms with Crippen molar-refractivity contribution in [1.29, 1.82) is 0 Å². The van der Waals surface area contributed by atoms with Gasteiger partial charge in [0.15, 0.2) is 0 Å². The zero-order valence-corrected chi connectivity index (χ0v) is 10.3. The maximum Gasteiger partial charge on any atom is 0.351 e. The smallest absolute Gasteiger partial charge is 0.351 e. The summed E-state index contributed by atoms with van der Waals surface area (Å²) in [6.45, 7) is 4.04. The average Bonchev–Trinajstić information content (AvgIpc) is 2.75. The predicted octanol–water partition coefficient (Wildman–Crippen LogP) is 2.05. The quantitative estimate of drug-likeness (QED) is 0.886. The fourth-order valence-corrected chi connectivity index (χ4v) is 1.72. The summed E-state index contributed by atoms with van der Waals surface area (Å²) in [6.07, 6.45) is 0.260. The van der Waals surface area contributed by atoms with Crippen molar-refractivity contribution in [1.82, 2.24) is 0 Å². The summed E-state index contributed by atoms with van der Waals surface area (Å²) in [6, 6.07) is 7.36. The lowest BCUT2D eigenvalue weighted by molar-refractivity contribution is -0.160. The Balaban J connectivity index is 2.12. The van der Waals surface area contributed by atoms with E-state index in [0.29, 0.717) is 12.3 Å². The van der Waals surface area contributed by atoms with Crippen molar-refractivity contribution in [2.45, 2.75) is 25.9 Å². The zero-order chi connectivity index (χ0) is 13.2. The zero-order valence-electron chi connectivity index (χ0n) is 10.3. The van der Waals surface area contributed by atoms with Gasteiger partial charge in [0.2, 0.25) is 5.60 Å². The molecule has 0 saturated heterocycles. The molecule has 1 aromatic rings. The fraction of sp³-hybridized carbons (Fsp3) is 0.385. The molecule has 0 fully saturated rings. The summed E-state index contributed by atoms with van der Waals surface area (Å²) in [4.78, 5) is 16.0. The summed E-state index contributed by atoms with van der Waals surface area (Å²) in [7, 11) is 0. The number of hydrogen-bond acceptors (Lipinski definition) is 4. The van der Waals surface area contributed by atoms with Gasteiger partial charge in [-0.3, -0.25) is 0 Å². The van der Waals surface area contributed by atoms with Gasteiger partial charge in [0.1, 0.15) is 5.75 Å². The number of hydrogen-bond donors (Lipinski definition) is 1. The van der Waals surface area contributed by atoms with Gasteiger partial charge >= 0.3 is 5.97 Å². The number of carboxylic acid groups (broad SMARTS) is 1. The Labute approximate surface area is 105 Å². The van der Waals surface area contributed by atoms with Crippen molar-refractivity contribution in [3.8, 4) is 5.75 Å². The minimum absolute atomic E-state index is 0.260. The minimum Gasteiger partial charge on any atom is -0.494 e. The highest BCUT2D eigenvalue weighted by molar-refractivity contribution is 6.04. The van der Waals surface area contributed by atoms with Gasteiger partial charge in [-0.15, -0.1) is 0 Å². The van der Waals surface area contributed by atoms with E-state index in [9.17, 15) is 4.79 Å². The van der Waals surface area contributed by atoms with Crippen LogP contribution in [-0.2, 0) is 9.63 Å². The van der Waals surface area contributed by atoms with Crippen LogP contribution in [0.2, 0.25) is 0 Å². The molecule has 96 valence electrons. The van der Waals surface area contributed by atoms with Gasteiger partial charge in [-0.2, -0.15) is 0 Å². The third-order valence-electron chi connectivity index (χ3n) is 2.81. The molecule has 0 bridgehead atoms. The minimum atomic E-state index is -1.26. The topological polar surface area (TPSA) is 68.1 Å². The lowest BCUT2D eigenvalue weighted by Crippen LogP contribution is -2.35. The van der Waals surface area contributed by atoms with Gasteiger partial charge in [0.25, 0.3) is 0 Å². The number of carboxylic acids is 1. The van der Waals surface area contributed by atoms with Gasteiger partial charge in [0, 0.05) is 6.42 Å². The van der Waals surface area contributed by atoms with Crippen LogP contribution in [0, 0.1) is 0 Å². The highest BCUT2D eigenvalue weighted by Crippen LogP contribution is 2.27. The molecule has 0 aromatic heterocycles. The molecule has 1 atom stereocenters. The Bertz CT molecular complexity index is 480. The van der Waals surface area contributed by atoms with Gasteiger partial charge in [-0.25, -0.2) is 4.79 Å². The SMILES string of the molecule is CCOc1ccc(C2=NO[C@](C)(C(=O)O)C2)cc1. The van der Waals surface area contributed by atoms with Crippen LogP contribution in [0.25, 0.3) is 0 Å². The van der Waals surface area contributed by atoms with E-state index in [2.05, 4.69) is 5.16 Å². The standard InChI is InChI=1S/C13H15NO4/c1-3-17-10-6-4-9(5-7-10)11-8-13(2,12(15)16)18-14-11/h4-7H,3,8H2,1-2H3,(H,15,16)/t13-/m0/s1. The molecule has 2 rings (SSSR count). The molecular weight excluding hydrogens is 234 g/mol. The van der Waals surface area contributed by atoms with E-state index in [0.717, 1.165) is 11.3 Å². The Hall–Kier alpha value is -2.04. The Morgan fingerprint density at radius 3 is 2.67 bits per heavy atom. The van der Waals surface area contributed by atoms with Crippen LogP contribution in [0.1, 0.15) is 25.8 Å². The summed E-state index contributed by atoms with van der Waals surface area (Å²) in [5.41, 5.74) is 0.236. The van der Waals surface area contributed by atoms with Crippen molar-refractivity contribution < 1.29 is 19.5 Å². The van der Waals surface area contributed by atoms with E-state index in [1.807, 2.05) is 31.2 Å². The monoisotopic (exact) mass is 249 g/mol. The summed E-state index contributed by atoms with van der Waals surface area (Å²) in [5.74, 6) is -0.228. The van der Waals surface area contributed by atoms with E-state index >= 15 is 0 Å². The molecule has 0 amide bonds. The number of ether oxygens (including phenoxy) is 1. The van der Waals surface area contributed by atoms with Crippen LogP contribution in [0.4, 0.5) is 0 Å². The van der Waals surface area contributed by atoms with Gasteiger partial charge in [-0.1, -0.05) is 5.16 Å². The Morgan fingerprint density at radius 1 is 1.50 bits per heavy atom. The number of aliphatic carboxylic acids is 1. The molecule has 0 radical (unpaired) electrons. The van der Waals surface area contributed by atoms with Crippen LogP contribution in [-0.4, -0.2) is 29.0 Å². The highest BCUT2D eigenvalue weighted by Gasteiger charge is 2.42. The highest BCUT2D eigenvalue weighted by atomic mass is 16.7. The van der Waals surface area contributed by atoms with Crippen molar-refractivity contribution in [2.24, 2.45) is 5.16 Å². The van der Waals surface area contributed by atoms with Gasteiger partial charge < -0.3 is 14.7 Å². The van der Waals surface area contributed by atoms with Crippen LogP contribution in [0.5, 0.6) is 5.75 Å². The molecule has 1 N–H and O–H groups in total. The lowest BCUT2D eigenvalue weighted by Gasteiger charge is -2.14. The average molecular weight is 249 g/mol. The Morgan fingerprint density at radius 2 is 2.17 bits per heavy atom. The third-order valence-corrected chi connectivity index (χ3v) is 2.81. The number of nitrogens with zero attached hydrogens (tertiary/aromatic N) is 1. The summed E-state index contributed by atoms with van der Waals surface area (Å²) < 4.78 is 5.34. The van der Waals surface area contributed by atoms with Crippen molar-refractivity contribution in [3.63, 3.8) is 0 Å². The van der Waals surface area contributed by atoms with Gasteiger partial charge in [0.05, 0.1) is 12.3 Å². The number of benzene rings is 1. The fourth-order valence-electron chi connectivity index (χ4n) is 1.72. The van der Waals surface area contributed by atoms with Crippen molar-refractivity contribution in [2.75, 3.05) is 6.61 Å². The first-order valence-electron chi connectivity index (χ1n) is 5.77. The predicted molar refractivity (Wildman–Crippen MR) is 65.9 cm³/mol. The lowest BCUT2D eigenvalue weighted by atomic mass is 9.96. The molecule has 0 saturated carbocycles. The molecule has 5 nitrogen and oxygen atoms in total. The molecule has 0 spiro atoms. The number of rotatable bonds is 4. The normalized spacial score (nSPS) is 22.2. The van der Waals surface area contributed by atoms with Gasteiger partial charge in [-0.05, 0) is 43.7 Å². The van der Waals surface area contributed by atoms with Crippen LogP contribution < -0.4 is 4.74 Å². The number of carbonyl (C=O) groups is 1. The molecule has 0 aliphatic carbocycles. The second kappa shape index (κ2) is 4.68.